The maximum Gasteiger partial charge on any atom is 0.252 e. The van der Waals surface area contributed by atoms with E-state index in [1.807, 2.05) is 30.3 Å². The third-order valence-corrected chi connectivity index (χ3v) is 4.70. The molecule has 0 saturated heterocycles. The highest BCUT2D eigenvalue weighted by Crippen LogP contribution is 2.40. The predicted octanol–water partition coefficient (Wildman–Crippen LogP) is 3.42. The molecule has 1 aromatic carbocycles. The van der Waals surface area contributed by atoms with Crippen molar-refractivity contribution in [3.8, 4) is 0 Å². The Morgan fingerprint density at radius 2 is 1.92 bits per heavy atom. The van der Waals surface area contributed by atoms with Crippen LogP contribution in [-0.2, 0) is 0 Å². The highest BCUT2D eigenvalue weighted by Gasteiger charge is 2.29. The Morgan fingerprint density at radius 1 is 1.21 bits per heavy atom. The molecule has 0 aliphatic heterocycles. The fourth-order valence-corrected chi connectivity index (χ4v) is 2.97. The standard InChI is InChI=1S/C18H21N3O.2ClH/c19-15(11-5-6-11)10-20-18(22)14-9-17(12-7-8-12)21-16-4-2-1-3-13(14)16;;/h1-4,9,11-12,15H,5-8,10,19H2,(H,20,22);2*1H. The first kappa shape index (κ1) is 19.0. The molecule has 1 heterocycles. The first-order valence-corrected chi connectivity index (χ1v) is 8.16. The molecule has 1 atom stereocenters. The average Bonchev–Trinajstić information content (AvgIpc) is 3.41. The van der Waals surface area contributed by atoms with Crippen molar-refractivity contribution in [2.75, 3.05) is 6.54 Å². The molecular formula is C18H23Cl2N3O. The predicted molar refractivity (Wildman–Crippen MR) is 101 cm³/mol. The third-order valence-electron chi connectivity index (χ3n) is 4.70. The number of nitrogens with two attached hydrogens (primary N) is 1. The first-order chi connectivity index (χ1) is 10.7. The number of carbonyl (C=O) groups is 1. The normalized spacial score (nSPS) is 17.5. The molecule has 2 aliphatic carbocycles. The minimum atomic E-state index is -0.0309. The number of fused-ring (bicyclic) bond motifs is 1. The van der Waals surface area contributed by atoms with Crippen LogP contribution in [-0.4, -0.2) is 23.5 Å². The van der Waals surface area contributed by atoms with Crippen molar-refractivity contribution in [2.45, 2.75) is 37.6 Å². The van der Waals surface area contributed by atoms with Crippen molar-refractivity contribution in [1.82, 2.24) is 10.3 Å². The van der Waals surface area contributed by atoms with E-state index in [0.29, 0.717) is 18.4 Å². The van der Waals surface area contributed by atoms with Crippen LogP contribution in [0.2, 0.25) is 0 Å². The van der Waals surface area contributed by atoms with Gasteiger partial charge < -0.3 is 11.1 Å². The van der Waals surface area contributed by atoms with Gasteiger partial charge in [0, 0.05) is 29.6 Å². The molecular weight excluding hydrogens is 345 g/mol. The van der Waals surface area contributed by atoms with Crippen LogP contribution in [0.5, 0.6) is 0 Å². The van der Waals surface area contributed by atoms with Gasteiger partial charge in [0.25, 0.3) is 5.91 Å². The number of pyridine rings is 1. The van der Waals surface area contributed by atoms with E-state index in [-0.39, 0.29) is 36.8 Å². The molecule has 6 heteroatoms. The number of nitrogens with zero attached hydrogens (tertiary/aromatic N) is 1. The molecule has 0 bridgehead atoms. The minimum Gasteiger partial charge on any atom is -0.350 e. The lowest BCUT2D eigenvalue weighted by Crippen LogP contribution is -2.38. The highest BCUT2D eigenvalue weighted by atomic mass is 35.5. The second-order valence-electron chi connectivity index (χ2n) is 6.60. The van der Waals surface area contributed by atoms with Crippen LogP contribution >= 0.6 is 24.8 Å². The average molecular weight is 368 g/mol. The van der Waals surface area contributed by atoms with Gasteiger partial charge in [-0.2, -0.15) is 0 Å². The molecule has 1 unspecified atom stereocenters. The topological polar surface area (TPSA) is 68.0 Å². The van der Waals surface area contributed by atoms with Crippen molar-refractivity contribution in [3.63, 3.8) is 0 Å². The molecule has 1 amide bonds. The van der Waals surface area contributed by atoms with Gasteiger partial charge in [0.1, 0.15) is 0 Å². The number of aromatic nitrogens is 1. The summed E-state index contributed by atoms with van der Waals surface area (Å²) in [6.07, 6.45) is 4.75. The van der Waals surface area contributed by atoms with Gasteiger partial charge in [-0.25, -0.2) is 0 Å². The summed E-state index contributed by atoms with van der Waals surface area (Å²) in [5, 5.41) is 3.93. The van der Waals surface area contributed by atoms with E-state index in [1.165, 1.54) is 25.7 Å². The number of hydrogen-bond donors (Lipinski definition) is 2. The van der Waals surface area contributed by atoms with E-state index in [2.05, 4.69) is 5.32 Å². The smallest absolute Gasteiger partial charge is 0.252 e. The summed E-state index contributed by atoms with van der Waals surface area (Å²) < 4.78 is 0. The molecule has 3 N–H and O–H groups in total. The third kappa shape index (κ3) is 4.00. The van der Waals surface area contributed by atoms with Gasteiger partial charge in [0.15, 0.2) is 0 Å². The van der Waals surface area contributed by atoms with E-state index in [0.717, 1.165) is 22.2 Å². The van der Waals surface area contributed by atoms with Gasteiger partial charge in [0.2, 0.25) is 0 Å². The zero-order valence-corrected chi connectivity index (χ0v) is 15.0. The maximum atomic E-state index is 12.6. The number of benzene rings is 1. The summed E-state index contributed by atoms with van der Waals surface area (Å²) in [5.74, 6) is 1.10. The molecule has 2 fully saturated rings. The number of carbonyl (C=O) groups excluding carboxylic acids is 1. The van der Waals surface area contributed by atoms with Crippen LogP contribution in [0.25, 0.3) is 10.9 Å². The molecule has 1 aromatic heterocycles. The molecule has 4 rings (SSSR count). The zero-order chi connectivity index (χ0) is 15.1. The van der Waals surface area contributed by atoms with Crippen LogP contribution in [0.4, 0.5) is 0 Å². The van der Waals surface area contributed by atoms with Gasteiger partial charge in [-0.15, -0.1) is 24.8 Å². The second-order valence-corrected chi connectivity index (χ2v) is 6.60. The Morgan fingerprint density at radius 3 is 2.58 bits per heavy atom. The van der Waals surface area contributed by atoms with E-state index < -0.39 is 0 Å². The van der Waals surface area contributed by atoms with E-state index in [9.17, 15) is 4.79 Å². The lowest BCUT2D eigenvalue weighted by atomic mass is 10.0. The molecule has 2 saturated carbocycles. The van der Waals surface area contributed by atoms with Gasteiger partial charge in [-0.1, -0.05) is 18.2 Å². The Labute approximate surface area is 154 Å². The largest absolute Gasteiger partial charge is 0.350 e. The molecule has 0 radical (unpaired) electrons. The van der Waals surface area contributed by atoms with Crippen molar-refractivity contribution in [3.05, 3.63) is 41.6 Å². The van der Waals surface area contributed by atoms with E-state index in [1.54, 1.807) is 0 Å². The molecule has 2 aromatic rings. The van der Waals surface area contributed by atoms with E-state index >= 15 is 0 Å². The second kappa shape index (κ2) is 7.68. The van der Waals surface area contributed by atoms with E-state index in [4.69, 9.17) is 10.7 Å². The number of para-hydroxylation sites is 1. The summed E-state index contributed by atoms with van der Waals surface area (Å²) in [5.41, 5.74) is 8.77. The SMILES string of the molecule is Cl.Cl.NC(CNC(=O)c1cc(C2CC2)nc2ccccc12)C1CC1. The number of nitrogens with one attached hydrogen (secondary N) is 1. The Balaban J connectivity index is 0.00000104. The summed E-state index contributed by atoms with van der Waals surface area (Å²) in [6, 6.07) is 9.92. The summed E-state index contributed by atoms with van der Waals surface area (Å²) in [4.78, 5) is 17.3. The number of halogens is 2. The number of rotatable bonds is 5. The Bertz CT molecular complexity index is 729. The van der Waals surface area contributed by atoms with Gasteiger partial charge in [-0.3, -0.25) is 9.78 Å². The van der Waals surface area contributed by atoms with Gasteiger partial charge in [0.05, 0.1) is 11.1 Å². The fourth-order valence-electron chi connectivity index (χ4n) is 2.97. The quantitative estimate of drug-likeness (QED) is 0.850. The molecule has 4 nitrogen and oxygen atoms in total. The van der Waals surface area contributed by atoms with Crippen LogP contribution in [0.3, 0.4) is 0 Å². The molecule has 2 aliphatic rings. The molecule has 24 heavy (non-hydrogen) atoms. The zero-order valence-electron chi connectivity index (χ0n) is 13.4. The lowest BCUT2D eigenvalue weighted by molar-refractivity contribution is 0.0952. The minimum absolute atomic E-state index is 0. The Kier molecular flexibility index (Phi) is 6.07. The highest BCUT2D eigenvalue weighted by molar-refractivity contribution is 6.06. The van der Waals surface area contributed by atoms with Crippen LogP contribution < -0.4 is 11.1 Å². The maximum absolute atomic E-state index is 12.6. The monoisotopic (exact) mass is 367 g/mol. The molecule has 130 valence electrons. The van der Waals surface area contributed by atoms with Crippen molar-refractivity contribution < 1.29 is 4.79 Å². The summed E-state index contributed by atoms with van der Waals surface area (Å²) in [6.45, 7) is 0.554. The summed E-state index contributed by atoms with van der Waals surface area (Å²) >= 11 is 0. The lowest BCUT2D eigenvalue weighted by Gasteiger charge is -2.13. The van der Waals surface area contributed by atoms with Crippen LogP contribution in [0.1, 0.15) is 47.7 Å². The van der Waals surface area contributed by atoms with Crippen molar-refractivity contribution in [2.24, 2.45) is 11.7 Å². The van der Waals surface area contributed by atoms with Crippen molar-refractivity contribution in [1.29, 1.82) is 0 Å². The fraction of sp³-hybridized carbons (Fsp3) is 0.444. The molecule has 0 spiro atoms. The number of amides is 1. The number of hydrogen-bond acceptors (Lipinski definition) is 3. The Hall–Kier alpha value is -1.36. The summed E-state index contributed by atoms with van der Waals surface area (Å²) in [7, 11) is 0. The van der Waals surface area contributed by atoms with Gasteiger partial charge >= 0.3 is 0 Å². The van der Waals surface area contributed by atoms with Crippen LogP contribution in [0.15, 0.2) is 30.3 Å². The van der Waals surface area contributed by atoms with Gasteiger partial charge in [-0.05, 0) is 43.7 Å². The first-order valence-electron chi connectivity index (χ1n) is 8.16. The van der Waals surface area contributed by atoms with Crippen molar-refractivity contribution >= 4 is 41.6 Å². The van der Waals surface area contributed by atoms with Crippen LogP contribution in [0, 0.1) is 5.92 Å².